The Morgan fingerprint density at radius 3 is 1.07 bits per heavy atom. The molecule has 0 bridgehead atoms. The summed E-state index contributed by atoms with van der Waals surface area (Å²) in [5.41, 5.74) is 0.648. The van der Waals surface area contributed by atoms with E-state index in [0.29, 0.717) is 21.2 Å². The van der Waals surface area contributed by atoms with E-state index in [2.05, 4.69) is 0 Å². The maximum Gasteiger partial charge on any atom is 2.00 e. The molecule has 14 nitrogen and oxygen atoms in total. The van der Waals surface area contributed by atoms with Crippen LogP contribution < -0.4 is 20.4 Å². The van der Waals surface area contributed by atoms with Crippen molar-refractivity contribution in [2.75, 3.05) is 26.2 Å². The van der Waals surface area contributed by atoms with Gasteiger partial charge < -0.3 is 60.8 Å². The largest absolute Gasteiger partial charge is 2.00 e. The van der Waals surface area contributed by atoms with Gasteiger partial charge >= 0.3 is 34.1 Å². The number of aromatic hydroxyl groups is 2. The number of hydrogen-bond donors (Lipinski definition) is 2. The predicted molar refractivity (Wildman–Crippen MR) is 127 cm³/mol. The molecule has 2 aromatic carbocycles. The number of hydrogen-bond acceptors (Lipinski definition) is 12. The number of nitrogens with zero attached hydrogens (tertiary/aromatic N) is 2. The zero-order chi connectivity index (χ0) is 27.4. The molecule has 0 amide bonds. The van der Waals surface area contributed by atoms with E-state index in [1.165, 1.54) is 36.4 Å². The summed E-state index contributed by atoms with van der Waals surface area (Å²) in [6.07, 6.45) is 0. The molecule has 0 atom stereocenters. The standard InChI is InChI=1S/2C11H12ClNO5.2Cu.2H2O/c2*12-8-1-2-9(14)7(3-8)4-13(5-10(15)16)6-11(17)18;;;;/h2*1-3,14H,4-6H2,(H,15,16)(H,17,18);;;2*1H2/q;;2*+2;;/p-2. The summed E-state index contributed by atoms with van der Waals surface area (Å²) in [7, 11) is 0. The van der Waals surface area contributed by atoms with Gasteiger partial charge in [0.15, 0.2) is 0 Å². The molecule has 0 spiro atoms. The quantitative estimate of drug-likeness (QED) is 0.155. The fraction of sp³-hybridized carbons (Fsp3) is 0.273. The van der Waals surface area contributed by atoms with E-state index in [9.17, 15) is 49.8 Å². The van der Waals surface area contributed by atoms with Crippen molar-refractivity contribution in [1.82, 2.24) is 9.80 Å². The number of halogens is 2. The van der Waals surface area contributed by atoms with Crippen LogP contribution in [0.1, 0.15) is 11.1 Å². The molecule has 0 aliphatic heterocycles. The molecule has 230 valence electrons. The van der Waals surface area contributed by atoms with Gasteiger partial charge in [-0.3, -0.25) is 9.80 Å². The minimum atomic E-state index is -1.42. The summed E-state index contributed by atoms with van der Waals surface area (Å²) in [6.45, 7) is -2.51. The maximum atomic E-state index is 10.5. The van der Waals surface area contributed by atoms with Crippen LogP contribution >= 0.6 is 23.2 Å². The van der Waals surface area contributed by atoms with Gasteiger partial charge in [-0.1, -0.05) is 23.2 Å². The second kappa shape index (κ2) is 22.1. The third kappa shape index (κ3) is 18.6. The molecule has 18 heteroatoms. The van der Waals surface area contributed by atoms with Crippen LogP contribution in [-0.2, 0) is 77.4 Å². The topological polar surface area (TPSA) is 273 Å². The van der Waals surface area contributed by atoms with Crippen molar-refractivity contribution >= 4 is 47.1 Å². The van der Waals surface area contributed by atoms with Crippen molar-refractivity contribution in [1.29, 1.82) is 0 Å². The molecule has 8 N–H and O–H groups in total. The number of carbonyl (C=O) groups excluding carboxylic acids is 4. The SMILES string of the molecule is O=C([O-])CN(CC(=O)[O-])Cc1cc(Cl)ccc1O.O=C([O-])CN(CC(=O)[O-])Cc1cc(Cl)ccc1O.[Cu+2].[Cu+2].[OH3+].[OH3+]. The zero-order valence-corrected chi connectivity index (χ0v) is 23.7. The van der Waals surface area contributed by atoms with Crippen LogP contribution in [0.25, 0.3) is 0 Å². The number of rotatable bonds is 12. The Hall–Kier alpha value is -2.62. The third-order valence-electron chi connectivity index (χ3n) is 4.28. The molecule has 0 saturated carbocycles. The summed E-state index contributed by atoms with van der Waals surface area (Å²) in [6, 6.07) is 8.45. The van der Waals surface area contributed by atoms with E-state index in [1.807, 2.05) is 0 Å². The van der Waals surface area contributed by atoms with Gasteiger partial charge in [0.25, 0.3) is 0 Å². The van der Waals surface area contributed by atoms with Gasteiger partial charge in [0.05, 0.1) is 23.9 Å². The van der Waals surface area contributed by atoms with Gasteiger partial charge in [-0.2, -0.15) is 0 Å². The summed E-state index contributed by atoms with van der Waals surface area (Å²) in [5, 5.41) is 61.7. The average Bonchev–Trinajstić information content (AvgIpc) is 2.72. The molecule has 0 aromatic heterocycles. The van der Waals surface area contributed by atoms with Crippen molar-refractivity contribution in [2.45, 2.75) is 13.1 Å². The van der Waals surface area contributed by atoms with E-state index < -0.39 is 50.1 Å². The van der Waals surface area contributed by atoms with E-state index in [1.54, 1.807) is 0 Å². The van der Waals surface area contributed by atoms with E-state index >= 15 is 0 Å². The molecule has 0 fully saturated rings. The number of carboxylic acids is 4. The van der Waals surface area contributed by atoms with Gasteiger partial charge in [-0.05, 0) is 36.4 Å². The second-order valence-electron chi connectivity index (χ2n) is 7.32. The van der Waals surface area contributed by atoms with Crippen molar-refractivity contribution in [3.63, 3.8) is 0 Å². The van der Waals surface area contributed by atoms with E-state index in [4.69, 9.17) is 23.2 Å². The Morgan fingerprint density at radius 1 is 0.600 bits per heavy atom. The average molecular weight is 708 g/mol. The first-order chi connectivity index (χ1) is 16.8. The first kappa shape index (κ1) is 44.4. The van der Waals surface area contributed by atoms with Gasteiger partial charge in [0.2, 0.25) is 0 Å². The fourth-order valence-corrected chi connectivity index (χ4v) is 3.30. The van der Waals surface area contributed by atoms with Crippen LogP contribution in [0.15, 0.2) is 36.4 Å². The number of carboxylic acid groups (broad SMARTS) is 4. The van der Waals surface area contributed by atoms with Gasteiger partial charge in [-0.25, -0.2) is 0 Å². The van der Waals surface area contributed by atoms with Crippen molar-refractivity contribution in [3.8, 4) is 11.5 Å². The van der Waals surface area contributed by atoms with Gasteiger partial charge in [0, 0.05) is 60.4 Å². The Kier molecular flexibility index (Phi) is 24.5. The van der Waals surface area contributed by atoms with Crippen LogP contribution in [-0.4, -0.2) is 70.1 Å². The van der Waals surface area contributed by atoms with Crippen LogP contribution in [0.5, 0.6) is 11.5 Å². The second-order valence-corrected chi connectivity index (χ2v) is 8.20. The monoisotopic (exact) mass is 706 g/mol. The molecule has 0 aliphatic rings. The molecule has 2 aromatic rings. The molecular formula is C22H26Cl2Cu2N2O12+2. The molecule has 0 saturated heterocycles. The minimum absolute atomic E-state index is 0. The number of aliphatic carboxylic acids is 4. The van der Waals surface area contributed by atoms with Crippen LogP contribution in [0.3, 0.4) is 0 Å². The summed E-state index contributed by atoms with van der Waals surface area (Å²) in [4.78, 5) is 44.0. The Morgan fingerprint density at radius 2 is 0.850 bits per heavy atom. The van der Waals surface area contributed by atoms with Gasteiger partial charge in [-0.15, -0.1) is 0 Å². The number of phenols is 2. The first-order valence-electron chi connectivity index (χ1n) is 9.95. The smallest absolute Gasteiger partial charge is 0.549 e. The Labute approximate surface area is 259 Å². The molecular weight excluding hydrogens is 682 g/mol. The Bertz CT molecular complexity index is 994. The molecule has 0 aliphatic carbocycles. The number of carbonyl (C=O) groups is 4. The van der Waals surface area contributed by atoms with E-state index in [-0.39, 0.29) is 69.7 Å². The fourth-order valence-electron chi connectivity index (χ4n) is 2.91. The summed E-state index contributed by atoms with van der Waals surface area (Å²) < 4.78 is 0. The van der Waals surface area contributed by atoms with Crippen LogP contribution in [0.4, 0.5) is 0 Å². The predicted octanol–water partition coefficient (Wildman–Crippen LogP) is -5.15. The van der Waals surface area contributed by atoms with Crippen LogP contribution in [0.2, 0.25) is 10.0 Å². The van der Waals surface area contributed by atoms with Gasteiger partial charge in [0.1, 0.15) is 11.5 Å². The zero-order valence-electron chi connectivity index (χ0n) is 20.3. The molecule has 2 radical (unpaired) electrons. The molecule has 0 unspecified atom stereocenters. The molecule has 2 rings (SSSR count). The summed E-state index contributed by atoms with van der Waals surface area (Å²) in [5.74, 6) is -5.87. The minimum Gasteiger partial charge on any atom is -0.549 e. The molecule has 0 heterocycles. The first-order valence-corrected chi connectivity index (χ1v) is 10.7. The molecule has 40 heavy (non-hydrogen) atoms. The normalized spacial score (nSPS) is 9.50. The number of benzene rings is 2. The maximum absolute atomic E-state index is 10.5. The van der Waals surface area contributed by atoms with E-state index in [0.717, 1.165) is 9.80 Å². The summed E-state index contributed by atoms with van der Waals surface area (Å²) >= 11 is 11.4. The third-order valence-corrected chi connectivity index (χ3v) is 4.75. The van der Waals surface area contributed by atoms with Crippen LogP contribution in [0, 0.1) is 0 Å². The Balaban J connectivity index is -0.000000295. The van der Waals surface area contributed by atoms with Crippen molar-refractivity contribution < 1.29 is 94.9 Å². The number of phenolic OH excluding ortho intramolecular Hbond substituents is 2. The van der Waals surface area contributed by atoms with Crippen molar-refractivity contribution in [2.24, 2.45) is 0 Å². The van der Waals surface area contributed by atoms with Crippen molar-refractivity contribution in [3.05, 3.63) is 57.6 Å².